The molecule has 0 unspecified atom stereocenters. The molecule has 3 aliphatic rings. The molecule has 0 aromatic heterocycles. The van der Waals surface area contributed by atoms with Gasteiger partial charge in [-0.1, -0.05) is 57.8 Å². The highest BCUT2D eigenvalue weighted by Crippen LogP contribution is 2.43. The maximum atomic E-state index is 9.97. The summed E-state index contributed by atoms with van der Waals surface area (Å²) in [7, 11) is 9.97. The summed E-state index contributed by atoms with van der Waals surface area (Å²) in [4.78, 5) is 0. The van der Waals surface area contributed by atoms with E-state index in [0.717, 1.165) is 104 Å². The van der Waals surface area contributed by atoms with Crippen LogP contribution in [0.3, 0.4) is 0 Å². The van der Waals surface area contributed by atoms with Gasteiger partial charge in [-0.25, -0.2) is 0 Å². The summed E-state index contributed by atoms with van der Waals surface area (Å²) in [6.45, 7) is 3.46. The summed E-state index contributed by atoms with van der Waals surface area (Å²) in [6.07, 6.45) is 19.8. The lowest BCUT2D eigenvalue weighted by atomic mass is 9.90. The Kier molecular flexibility index (Phi) is 24.3. The first-order chi connectivity index (χ1) is 44.1. The Morgan fingerprint density at radius 3 is 0.889 bits per heavy atom. The van der Waals surface area contributed by atoms with Gasteiger partial charge in [-0.2, -0.15) is 15.8 Å². The van der Waals surface area contributed by atoms with Crippen LogP contribution in [0.1, 0.15) is 158 Å². The van der Waals surface area contributed by atoms with Gasteiger partial charge in [0.15, 0.2) is 19.8 Å². The standard InChI is InChI=1S/C75H89N3O12/c1-50-31-67(80-3)55(38-66(50)88-47-51-17-11-8-12-18-51)33-60-39-68(81-4)57(43-72(60)86-29-26-77)36-63-42-71(84-7)59(46-75(63)90-49-53-21-15-10-16-22-53)34-61-40-69(82-5)58(44-73(61)87-30-27-78)35-62-41-70(83-6)56(45-74(62)89-48-52-19-13-9-14-20-52)32-54-37-64(79-2)23-24-65(54)85-28-25-76/h23-24,31,37-46,51-53H,8-22,28-30,32-36,47-49H2,1-7H3. The third-order valence-electron chi connectivity index (χ3n) is 18.1. The lowest BCUT2D eigenvalue weighted by Crippen LogP contribution is -2.16. The van der Waals surface area contributed by atoms with Crippen molar-refractivity contribution in [3.63, 3.8) is 0 Å². The number of nitrogens with zero attached hydrogens (tertiary/aromatic N) is 3. The molecule has 0 atom stereocenters. The Balaban J connectivity index is 1.05. The normalized spacial score (nSPS) is 14.5. The van der Waals surface area contributed by atoms with E-state index >= 15 is 0 Å². The Bertz CT molecular complexity index is 3490. The Labute approximate surface area is 532 Å². The number of aryl methyl sites for hydroxylation is 1. The highest BCUT2D eigenvalue weighted by molar-refractivity contribution is 5.59. The van der Waals surface area contributed by atoms with Gasteiger partial charge in [0.2, 0.25) is 0 Å². The molecule has 15 nitrogen and oxygen atoms in total. The molecular formula is C75H89N3O12. The van der Waals surface area contributed by atoms with Crippen molar-refractivity contribution in [3.05, 3.63) is 140 Å². The summed E-state index contributed by atoms with van der Waals surface area (Å²) >= 11 is 0. The van der Waals surface area contributed by atoms with E-state index < -0.39 is 0 Å². The van der Waals surface area contributed by atoms with Crippen LogP contribution in [0.25, 0.3) is 0 Å². The zero-order valence-electron chi connectivity index (χ0n) is 53.9. The lowest BCUT2D eigenvalue weighted by molar-refractivity contribution is 0.207. The Morgan fingerprint density at radius 1 is 0.300 bits per heavy atom. The molecule has 9 rings (SSSR count). The summed E-state index contributed by atoms with van der Waals surface area (Å²) < 4.78 is 75.2. The first kappa shape index (κ1) is 65.8. The minimum atomic E-state index is -0.178. The summed E-state index contributed by atoms with van der Waals surface area (Å²) in [5.74, 6) is 9.35. The molecule has 0 spiro atoms. The molecule has 0 saturated heterocycles. The second kappa shape index (κ2) is 33.3. The minimum absolute atomic E-state index is 0.0951. The van der Waals surface area contributed by atoms with Crippen molar-refractivity contribution in [2.24, 2.45) is 17.8 Å². The second-order valence-electron chi connectivity index (χ2n) is 24.2. The average molecular weight is 1220 g/mol. The predicted molar refractivity (Wildman–Crippen MR) is 346 cm³/mol. The van der Waals surface area contributed by atoms with E-state index in [1.807, 2.05) is 60.7 Å². The zero-order valence-corrected chi connectivity index (χ0v) is 53.9. The molecular weight excluding hydrogens is 1130 g/mol. The van der Waals surface area contributed by atoms with Gasteiger partial charge in [0.25, 0.3) is 0 Å². The van der Waals surface area contributed by atoms with Gasteiger partial charge >= 0.3 is 0 Å². The smallest absolute Gasteiger partial charge is 0.174 e. The number of hydrogen-bond acceptors (Lipinski definition) is 15. The molecule has 6 aromatic rings. The fraction of sp³-hybridized carbons (Fsp3) is 0.480. The third kappa shape index (κ3) is 17.4. The molecule has 0 bridgehead atoms. The van der Waals surface area contributed by atoms with Crippen molar-refractivity contribution in [2.45, 2.75) is 135 Å². The van der Waals surface area contributed by atoms with Gasteiger partial charge in [0, 0.05) is 87.7 Å². The van der Waals surface area contributed by atoms with E-state index in [1.165, 1.54) is 70.6 Å². The molecule has 3 fully saturated rings. The Morgan fingerprint density at radius 2 is 0.567 bits per heavy atom. The molecule has 0 radical (unpaired) electrons. The number of benzene rings is 6. The summed E-state index contributed by atoms with van der Waals surface area (Å²) in [6, 6.07) is 32.3. The highest BCUT2D eigenvalue weighted by atomic mass is 16.5. The van der Waals surface area contributed by atoms with Crippen molar-refractivity contribution in [2.75, 3.05) is 82.3 Å². The molecule has 0 heterocycles. The molecule has 0 aliphatic heterocycles. The van der Waals surface area contributed by atoms with Crippen LogP contribution in [-0.2, 0) is 32.1 Å². The molecule has 3 aliphatic carbocycles. The fourth-order valence-corrected chi connectivity index (χ4v) is 13.2. The number of nitriles is 3. The van der Waals surface area contributed by atoms with Crippen LogP contribution in [0.4, 0.5) is 0 Å². The fourth-order valence-electron chi connectivity index (χ4n) is 13.2. The zero-order chi connectivity index (χ0) is 63.2. The van der Waals surface area contributed by atoms with Gasteiger partial charge in [-0.15, -0.1) is 0 Å². The van der Waals surface area contributed by atoms with Crippen molar-refractivity contribution < 1.29 is 56.8 Å². The van der Waals surface area contributed by atoms with Gasteiger partial charge in [0.05, 0.1) is 62.5 Å². The first-order valence-corrected chi connectivity index (χ1v) is 32.1. The molecule has 15 heteroatoms. The SMILES string of the molecule is COc1ccc(OCC#N)c(Cc2cc(OCC3CCCCC3)c(Cc3cc(OCC#N)c(Cc4cc(OCC5CCCCC5)c(Cc5cc(OCC#N)c(Cc6cc(OCC7CCCCC7)c(C)cc6OC)cc5OC)cc4OC)cc3OC)cc2OC)c1. The van der Waals surface area contributed by atoms with Crippen LogP contribution in [0.15, 0.2) is 78.9 Å². The average Bonchev–Trinajstić information content (AvgIpc) is 2.05. The van der Waals surface area contributed by atoms with E-state index in [2.05, 4.69) is 43.3 Å². The number of rotatable bonds is 31. The predicted octanol–water partition coefficient (Wildman–Crippen LogP) is 15.6. The highest BCUT2D eigenvalue weighted by Gasteiger charge is 2.26. The van der Waals surface area contributed by atoms with E-state index in [9.17, 15) is 15.8 Å². The van der Waals surface area contributed by atoms with Crippen LogP contribution in [0, 0.1) is 58.7 Å². The van der Waals surface area contributed by atoms with E-state index in [0.29, 0.717) is 121 Å². The monoisotopic (exact) mass is 1220 g/mol. The van der Waals surface area contributed by atoms with E-state index in [4.69, 9.17) is 56.8 Å². The molecule has 6 aromatic carbocycles. The van der Waals surface area contributed by atoms with Gasteiger partial charge < -0.3 is 56.8 Å². The maximum absolute atomic E-state index is 9.97. The van der Waals surface area contributed by atoms with Crippen LogP contribution in [-0.4, -0.2) is 82.3 Å². The quantitative estimate of drug-likeness (QED) is 0.0400. The van der Waals surface area contributed by atoms with E-state index in [1.54, 1.807) is 42.7 Å². The van der Waals surface area contributed by atoms with Gasteiger partial charge in [-0.05, 0) is 148 Å². The first-order valence-electron chi connectivity index (χ1n) is 32.1. The van der Waals surface area contributed by atoms with Crippen LogP contribution in [0.2, 0.25) is 0 Å². The van der Waals surface area contributed by atoms with E-state index in [-0.39, 0.29) is 19.8 Å². The molecule has 3 saturated carbocycles. The van der Waals surface area contributed by atoms with Crippen LogP contribution < -0.4 is 56.8 Å². The summed E-state index contributed by atoms with van der Waals surface area (Å²) in [5, 5.41) is 29.2. The number of methoxy groups -OCH3 is 6. The van der Waals surface area contributed by atoms with Crippen LogP contribution >= 0.6 is 0 Å². The number of hydrogen-bond donors (Lipinski definition) is 0. The second-order valence-corrected chi connectivity index (χ2v) is 24.2. The number of ether oxygens (including phenoxy) is 12. The molecule has 0 N–H and O–H groups in total. The maximum Gasteiger partial charge on any atom is 0.174 e. The van der Waals surface area contributed by atoms with Crippen molar-refractivity contribution in [3.8, 4) is 87.2 Å². The molecule has 90 heavy (non-hydrogen) atoms. The molecule has 476 valence electrons. The summed E-state index contributed by atoms with van der Waals surface area (Å²) in [5.41, 5.74) is 9.57. The van der Waals surface area contributed by atoms with Crippen molar-refractivity contribution in [1.29, 1.82) is 15.8 Å². The lowest BCUT2D eigenvalue weighted by Gasteiger charge is -2.24. The Hall–Kier alpha value is -8.61. The van der Waals surface area contributed by atoms with Crippen LogP contribution in [0.5, 0.6) is 69.0 Å². The van der Waals surface area contributed by atoms with Gasteiger partial charge in [-0.3, -0.25) is 0 Å². The van der Waals surface area contributed by atoms with Crippen molar-refractivity contribution in [1.82, 2.24) is 0 Å². The van der Waals surface area contributed by atoms with Crippen molar-refractivity contribution >= 4 is 0 Å². The third-order valence-corrected chi connectivity index (χ3v) is 18.1. The largest absolute Gasteiger partial charge is 0.497 e. The molecule has 0 amide bonds. The van der Waals surface area contributed by atoms with Gasteiger partial charge in [0.1, 0.15) is 87.2 Å². The topological polar surface area (TPSA) is 182 Å². The minimum Gasteiger partial charge on any atom is -0.497 e.